The highest BCUT2D eigenvalue weighted by Crippen LogP contribution is 2.33. The standard InChI is InChI=1S/C12H12BrN5S/c1-12(2,10-15-3-4-19-10)18-9-8(17-11(18)14)5-7(13)6-16-9/h3-6H,1-2H3,(H2,14,17). The van der Waals surface area contributed by atoms with Crippen LogP contribution in [0.1, 0.15) is 18.9 Å². The second-order valence-corrected chi connectivity index (χ2v) is 6.51. The lowest BCUT2D eigenvalue weighted by atomic mass is 10.1. The zero-order valence-corrected chi connectivity index (χ0v) is 12.9. The largest absolute Gasteiger partial charge is 0.369 e. The number of hydrogen-bond donors (Lipinski definition) is 1. The maximum absolute atomic E-state index is 6.07. The molecule has 3 aromatic heterocycles. The van der Waals surface area contributed by atoms with Crippen molar-refractivity contribution in [3.8, 4) is 0 Å². The Labute approximate surface area is 122 Å². The van der Waals surface area contributed by atoms with Crippen molar-refractivity contribution in [1.29, 1.82) is 0 Å². The smallest absolute Gasteiger partial charge is 0.203 e. The Hall–Kier alpha value is -1.47. The molecule has 3 aromatic rings. The molecule has 0 aliphatic carbocycles. The van der Waals surface area contributed by atoms with E-state index in [0.29, 0.717) is 5.95 Å². The lowest BCUT2D eigenvalue weighted by Gasteiger charge is -2.25. The Kier molecular flexibility index (Phi) is 2.83. The van der Waals surface area contributed by atoms with Crippen molar-refractivity contribution in [3.63, 3.8) is 0 Å². The number of halogens is 1. The lowest BCUT2D eigenvalue weighted by Crippen LogP contribution is -2.29. The number of pyridine rings is 1. The van der Waals surface area contributed by atoms with Gasteiger partial charge in [0.25, 0.3) is 0 Å². The molecule has 0 radical (unpaired) electrons. The van der Waals surface area contributed by atoms with Gasteiger partial charge in [-0.1, -0.05) is 0 Å². The molecule has 19 heavy (non-hydrogen) atoms. The third kappa shape index (κ3) is 1.93. The molecular weight excluding hydrogens is 326 g/mol. The van der Waals surface area contributed by atoms with Crippen LogP contribution in [0.15, 0.2) is 28.3 Å². The molecule has 0 bridgehead atoms. The molecule has 0 amide bonds. The third-order valence-corrected chi connectivity index (χ3v) is 4.52. The van der Waals surface area contributed by atoms with Crippen LogP contribution in [0, 0.1) is 0 Å². The Morgan fingerprint density at radius 3 is 2.84 bits per heavy atom. The number of nitrogens with two attached hydrogens (primary N) is 1. The number of nitrogen functional groups attached to an aromatic ring is 1. The van der Waals surface area contributed by atoms with E-state index in [4.69, 9.17) is 5.73 Å². The minimum Gasteiger partial charge on any atom is -0.369 e. The van der Waals surface area contributed by atoms with Crippen molar-refractivity contribution < 1.29 is 0 Å². The molecule has 3 rings (SSSR count). The Morgan fingerprint density at radius 1 is 1.37 bits per heavy atom. The van der Waals surface area contributed by atoms with Crippen LogP contribution >= 0.6 is 27.3 Å². The molecular formula is C12H12BrN5S. The maximum atomic E-state index is 6.07. The van der Waals surface area contributed by atoms with Gasteiger partial charge in [0.15, 0.2) is 5.65 Å². The third-order valence-electron chi connectivity index (χ3n) is 3.00. The molecule has 0 atom stereocenters. The molecule has 0 aromatic carbocycles. The number of nitrogens with zero attached hydrogens (tertiary/aromatic N) is 4. The van der Waals surface area contributed by atoms with Crippen LogP contribution in [-0.2, 0) is 5.54 Å². The highest BCUT2D eigenvalue weighted by Gasteiger charge is 2.30. The summed E-state index contributed by atoms with van der Waals surface area (Å²) in [5.41, 5.74) is 7.23. The van der Waals surface area contributed by atoms with E-state index in [9.17, 15) is 0 Å². The summed E-state index contributed by atoms with van der Waals surface area (Å²) in [5.74, 6) is 0.445. The van der Waals surface area contributed by atoms with Crippen molar-refractivity contribution in [1.82, 2.24) is 19.5 Å². The Balaban J connectivity index is 2.28. The highest BCUT2D eigenvalue weighted by atomic mass is 79.9. The van der Waals surface area contributed by atoms with Crippen molar-refractivity contribution in [3.05, 3.63) is 33.3 Å². The van der Waals surface area contributed by atoms with E-state index in [1.165, 1.54) is 0 Å². The van der Waals surface area contributed by atoms with Gasteiger partial charge < -0.3 is 5.73 Å². The number of imidazole rings is 1. The average Bonchev–Trinajstić information content (AvgIpc) is 2.94. The summed E-state index contributed by atoms with van der Waals surface area (Å²) in [6.07, 6.45) is 3.54. The van der Waals surface area contributed by atoms with Crippen LogP contribution in [0.4, 0.5) is 5.95 Å². The molecule has 0 aliphatic rings. The summed E-state index contributed by atoms with van der Waals surface area (Å²) in [6.45, 7) is 4.13. The van der Waals surface area contributed by atoms with Gasteiger partial charge in [-0.25, -0.2) is 15.0 Å². The van der Waals surface area contributed by atoms with Gasteiger partial charge in [-0.3, -0.25) is 4.57 Å². The van der Waals surface area contributed by atoms with E-state index in [1.54, 1.807) is 23.7 Å². The van der Waals surface area contributed by atoms with Crippen LogP contribution < -0.4 is 5.73 Å². The van der Waals surface area contributed by atoms with E-state index < -0.39 is 0 Å². The van der Waals surface area contributed by atoms with Crippen molar-refractivity contribution >= 4 is 44.4 Å². The van der Waals surface area contributed by atoms with Gasteiger partial charge in [0.2, 0.25) is 5.95 Å². The molecule has 0 saturated heterocycles. The van der Waals surface area contributed by atoms with Gasteiger partial charge in [0.05, 0.1) is 5.54 Å². The number of fused-ring (bicyclic) bond motifs is 1. The highest BCUT2D eigenvalue weighted by molar-refractivity contribution is 9.10. The maximum Gasteiger partial charge on any atom is 0.203 e. The number of aromatic nitrogens is 4. The zero-order valence-electron chi connectivity index (χ0n) is 10.5. The number of anilines is 1. The van der Waals surface area contributed by atoms with Crippen LogP contribution in [-0.4, -0.2) is 19.5 Å². The summed E-state index contributed by atoms with van der Waals surface area (Å²) in [4.78, 5) is 13.2. The van der Waals surface area contributed by atoms with Gasteiger partial charge >= 0.3 is 0 Å². The van der Waals surface area contributed by atoms with Crippen molar-refractivity contribution in [2.75, 3.05) is 5.73 Å². The summed E-state index contributed by atoms with van der Waals surface area (Å²) in [5, 5.41) is 2.93. The molecule has 0 fully saturated rings. The number of thiazole rings is 1. The van der Waals surface area contributed by atoms with E-state index in [1.807, 2.05) is 16.0 Å². The lowest BCUT2D eigenvalue weighted by molar-refractivity contribution is 0.450. The molecule has 98 valence electrons. The fourth-order valence-corrected chi connectivity index (χ4v) is 3.20. The molecule has 2 N–H and O–H groups in total. The summed E-state index contributed by atoms with van der Waals surface area (Å²) in [6, 6.07) is 1.91. The molecule has 0 saturated carbocycles. The first-order valence-corrected chi connectivity index (χ1v) is 7.37. The Bertz CT molecular complexity index is 732. The molecule has 3 heterocycles. The van der Waals surface area contributed by atoms with Crippen LogP contribution in [0.25, 0.3) is 11.2 Å². The molecule has 0 spiro atoms. The van der Waals surface area contributed by atoms with Gasteiger partial charge in [-0.15, -0.1) is 11.3 Å². The first-order chi connectivity index (χ1) is 9.00. The fraction of sp³-hybridized carbons (Fsp3) is 0.250. The minimum atomic E-state index is -0.381. The number of rotatable bonds is 2. The zero-order chi connectivity index (χ0) is 13.6. The first-order valence-electron chi connectivity index (χ1n) is 5.70. The van der Waals surface area contributed by atoms with Crippen molar-refractivity contribution in [2.24, 2.45) is 0 Å². The van der Waals surface area contributed by atoms with Crippen LogP contribution in [0.5, 0.6) is 0 Å². The quantitative estimate of drug-likeness (QED) is 0.780. The molecule has 0 unspecified atom stereocenters. The summed E-state index contributed by atoms with van der Waals surface area (Å²) < 4.78 is 2.81. The monoisotopic (exact) mass is 337 g/mol. The second-order valence-electron chi connectivity index (χ2n) is 4.70. The van der Waals surface area contributed by atoms with Gasteiger partial charge in [-0.05, 0) is 35.8 Å². The SMILES string of the molecule is CC(C)(c1nccs1)n1c(N)nc2cc(Br)cnc21. The predicted molar refractivity (Wildman–Crippen MR) is 80.2 cm³/mol. The van der Waals surface area contributed by atoms with E-state index in [0.717, 1.165) is 20.6 Å². The molecule has 7 heteroatoms. The van der Waals surface area contributed by atoms with Crippen molar-refractivity contribution in [2.45, 2.75) is 19.4 Å². The average molecular weight is 338 g/mol. The fourth-order valence-electron chi connectivity index (χ4n) is 2.13. The molecule has 0 aliphatic heterocycles. The summed E-state index contributed by atoms with van der Waals surface area (Å²) >= 11 is 4.99. The van der Waals surface area contributed by atoms with Gasteiger partial charge in [0.1, 0.15) is 10.5 Å². The van der Waals surface area contributed by atoms with Gasteiger partial charge in [-0.2, -0.15) is 0 Å². The minimum absolute atomic E-state index is 0.381. The second kappa shape index (κ2) is 4.28. The normalized spacial score (nSPS) is 12.2. The predicted octanol–water partition coefficient (Wildman–Crippen LogP) is 3.02. The van der Waals surface area contributed by atoms with E-state index in [2.05, 4.69) is 44.7 Å². The van der Waals surface area contributed by atoms with E-state index in [-0.39, 0.29) is 5.54 Å². The van der Waals surface area contributed by atoms with Crippen LogP contribution in [0.2, 0.25) is 0 Å². The van der Waals surface area contributed by atoms with E-state index >= 15 is 0 Å². The Morgan fingerprint density at radius 2 is 2.16 bits per heavy atom. The topological polar surface area (TPSA) is 69.6 Å². The molecule has 5 nitrogen and oxygen atoms in total. The van der Waals surface area contributed by atoms with Gasteiger partial charge in [0, 0.05) is 22.2 Å². The summed E-state index contributed by atoms with van der Waals surface area (Å²) in [7, 11) is 0. The first kappa shape index (κ1) is 12.6. The number of hydrogen-bond acceptors (Lipinski definition) is 5. The van der Waals surface area contributed by atoms with Crippen LogP contribution in [0.3, 0.4) is 0 Å².